The van der Waals surface area contributed by atoms with E-state index in [1.54, 1.807) is 24.3 Å². The van der Waals surface area contributed by atoms with E-state index in [1.807, 2.05) is 61.5 Å². The summed E-state index contributed by atoms with van der Waals surface area (Å²) in [4.78, 5) is 24.9. The summed E-state index contributed by atoms with van der Waals surface area (Å²) in [6.07, 6.45) is 0.940. The Hall–Kier alpha value is -3.60. The number of carbonyl (C=O) groups excluding carboxylic acids is 2. The number of anilines is 1. The fourth-order valence-electron chi connectivity index (χ4n) is 3.03. The molecule has 0 unspecified atom stereocenters. The second kappa shape index (κ2) is 10.8. The first-order valence-corrected chi connectivity index (χ1v) is 10.0. The molecule has 0 atom stereocenters. The topological polar surface area (TPSA) is 67.4 Å². The highest BCUT2D eigenvalue weighted by atomic mass is 16.5. The fourth-order valence-corrected chi connectivity index (χ4v) is 3.03. The van der Waals surface area contributed by atoms with Crippen LogP contribution in [0, 0.1) is 6.92 Å². The van der Waals surface area contributed by atoms with Gasteiger partial charge in [-0.3, -0.25) is 9.59 Å². The maximum absolute atomic E-state index is 12.6. The van der Waals surface area contributed by atoms with Gasteiger partial charge < -0.3 is 15.4 Å². The van der Waals surface area contributed by atoms with Gasteiger partial charge >= 0.3 is 0 Å². The number of amides is 2. The van der Waals surface area contributed by atoms with Crippen molar-refractivity contribution in [3.63, 3.8) is 0 Å². The van der Waals surface area contributed by atoms with Crippen molar-refractivity contribution in [3.8, 4) is 5.75 Å². The molecule has 0 aliphatic rings. The highest BCUT2D eigenvalue weighted by molar-refractivity contribution is 6.03. The van der Waals surface area contributed by atoms with E-state index in [2.05, 4.69) is 10.6 Å². The molecule has 2 amide bonds. The second-order valence-corrected chi connectivity index (χ2v) is 7.00. The van der Waals surface area contributed by atoms with Gasteiger partial charge in [-0.2, -0.15) is 0 Å². The van der Waals surface area contributed by atoms with Crippen LogP contribution in [0.1, 0.15) is 27.9 Å². The van der Waals surface area contributed by atoms with Gasteiger partial charge in [-0.1, -0.05) is 54.6 Å². The van der Waals surface area contributed by atoms with Gasteiger partial charge in [0.25, 0.3) is 5.91 Å². The molecule has 0 aliphatic heterocycles. The van der Waals surface area contributed by atoms with Crippen LogP contribution in [0.4, 0.5) is 5.69 Å². The van der Waals surface area contributed by atoms with Crippen LogP contribution < -0.4 is 15.4 Å². The highest BCUT2D eigenvalue weighted by Crippen LogP contribution is 2.16. The molecule has 0 saturated heterocycles. The van der Waals surface area contributed by atoms with Crippen LogP contribution in [0.15, 0.2) is 78.9 Å². The summed E-state index contributed by atoms with van der Waals surface area (Å²) in [6, 6.07) is 24.7. The molecule has 0 bridgehead atoms. The molecule has 154 valence electrons. The minimum atomic E-state index is -0.210. The maximum atomic E-state index is 12.6. The first-order valence-electron chi connectivity index (χ1n) is 10.0. The third-order valence-electron chi connectivity index (χ3n) is 4.58. The van der Waals surface area contributed by atoms with Crippen LogP contribution in [0.25, 0.3) is 0 Å². The predicted molar refractivity (Wildman–Crippen MR) is 119 cm³/mol. The molecule has 3 aromatic carbocycles. The standard InChI is InChI=1S/C25H26N2O3/c1-19-8-7-11-21(18-19)30-17-15-24(28)27-23-13-6-5-12-22(23)25(29)26-16-14-20-9-3-2-4-10-20/h2-13,18H,14-17H2,1H3,(H,26,29)(H,27,28). The van der Waals surface area contributed by atoms with Gasteiger partial charge in [0.2, 0.25) is 5.91 Å². The van der Waals surface area contributed by atoms with E-state index in [0.717, 1.165) is 23.3 Å². The summed E-state index contributed by atoms with van der Waals surface area (Å²) >= 11 is 0. The minimum Gasteiger partial charge on any atom is -0.493 e. The van der Waals surface area contributed by atoms with Crippen LogP contribution in [-0.4, -0.2) is 25.0 Å². The number of para-hydroxylation sites is 1. The van der Waals surface area contributed by atoms with Gasteiger partial charge in [-0.25, -0.2) is 0 Å². The van der Waals surface area contributed by atoms with Crippen molar-refractivity contribution >= 4 is 17.5 Å². The third kappa shape index (κ3) is 6.48. The highest BCUT2D eigenvalue weighted by Gasteiger charge is 2.13. The lowest BCUT2D eigenvalue weighted by atomic mass is 10.1. The Kier molecular flexibility index (Phi) is 7.61. The minimum absolute atomic E-state index is 0.192. The van der Waals surface area contributed by atoms with E-state index in [1.165, 1.54) is 0 Å². The molecule has 0 spiro atoms. The first-order chi connectivity index (χ1) is 14.6. The SMILES string of the molecule is Cc1cccc(OCCC(=O)Nc2ccccc2C(=O)NCCc2ccccc2)c1. The van der Waals surface area contributed by atoms with E-state index in [-0.39, 0.29) is 24.8 Å². The van der Waals surface area contributed by atoms with Gasteiger partial charge in [0.1, 0.15) is 5.75 Å². The van der Waals surface area contributed by atoms with Gasteiger partial charge in [-0.05, 0) is 48.7 Å². The maximum Gasteiger partial charge on any atom is 0.253 e. The van der Waals surface area contributed by atoms with Crippen LogP contribution in [0.3, 0.4) is 0 Å². The Balaban J connectivity index is 1.49. The lowest BCUT2D eigenvalue weighted by Crippen LogP contribution is -2.27. The molecule has 3 aromatic rings. The molecule has 0 saturated carbocycles. The van der Waals surface area contributed by atoms with E-state index in [4.69, 9.17) is 4.74 Å². The summed E-state index contributed by atoms with van der Waals surface area (Å²) in [5.41, 5.74) is 3.20. The molecular weight excluding hydrogens is 376 g/mol. The van der Waals surface area contributed by atoms with Crippen LogP contribution in [0.2, 0.25) is 0 Å². The number of aryl methyl sites for hydroxylation is 1. The number of carbonyl (C=O) groups is 2. The zero-order valence-corrected chi connectivity index (χ0v) is 17.1. The normalized spacial score (nSPS) is 10.3. The molecule has 2 N–H and O–H groups in total. The Bertz CT molecular complexity index is 986. The molecule has 3 rings (SSSR count). The molecule has 5 heteroatoms. The Labute approximate surface area is 177 Å². The summed E-state index contributed by atoms with van der Waals surface area (Å²) in [6.45, 7) is 2.78. The van der Waals surface area contributed by atoms with Crippen molar-refractivity contribution < 1.29 is 14.3 Å². The summed E-state index contributed by atoms with van der Waals surface area (Å²) in [5.74, 6) is 0.325. The molecule has 0 fully saturated rings. The Morgan fingerprint density at radius 3 is 2.47 bits per heavy atom. The lowest BCUT2D eigenvalue weighted by molar-refractivity contribution is -0.116. The average Bonchev–Trinajstić information content (AvgIpc) is 2.75. The lowest BCUT2D eigenvalue weighted by Gasteiger charge is -2.12. The second-order valence-electron chi connectivity index (χ2n) is 7.00. The molecular formula is C25H26N2O3. The van der Waals surface area contributed by atoms with Gasteiger partial charge in [0, 0.05) is 6.54 Å². The van der Waals surface area contributed by atoms with Gasteiger partial charge in [0.15, 0.2) is 0 Å². The number of rotatable bonds is 9. The number of ether oxygens (including phenoxy) is 1. The van der Waals surface area contributed by atoms with Crippen molar-refractivity contribution in [2.24, 2.45) is 0 Å². The van der Waals surface area contributed by atoms with Crippen molar-refractivity contribution in [2.45, 2.75) is 19.8 Å². The van der Waals surface area contributed by atoms with Gasteiger partial charge in [0.05, 0.1) is 24.3 Å². The zero-order chi connectivity index (χ0) is 21.2. The van der Waals surface area contributed by atoms with E-state index < -0.39 is 0 Å². The van der Waals surface area contributed by atoms with Crippen LogP contribution >= 0.6 is 0 Å². The average molecular weight is 402 g/mol. The van der Waals surface area contributed by atoms with E-state index in [0.29, 0.717) is 17.8 Å². The molecule has 5 nitrogen and oxygen atoms in total. The molecule has 0 radical (unpaired) electrons. The Morgan fingerprint density at radius 2 is 1.67 bits per heavy atom. The molecule has 0 heterocycles. The van der Waals surface area contributed by atoms with Crippen molar-refractivity contribution in [1.29, 1.82) is 0 Å². The monoisotopic (exact) mass is 402 g/mol. The quantitative estimate of drug-likeness (QED) is 0.558. The van der Waals surface area contributed by atoms with Crippen molar-refractivity contribution in [1.82, 2.24) is 5.32 Å². The van der Waals surface area contributed by atoms with Gasteiger partial charge in [-0.15, -0.1) is 0 Å². The molecule has 0 aliphatic carbocycles. The number of nitrogens with one attached hydrogen (secondary N) is 2. The number of benzene rings is 3. The molecule has 0 aromatic heterocycles. The van der Waals surface area contributed by atoms with E-state index >= 15 is 0 Å². The largest absolute Gasteiger partial charge is 0.493 e. The summed E-state index contributed by atoms with van der Waals surface area (Å²) in [7, 11) is 0. The predicted octanol–water partition coefficient (Wildman–Crippen LogP) is 4.38. The summed E-state index contributed by atoms with van der Waals surface area (Å²) in [5, 5.41) is 5.73. The van der Waals surface area contributed by atoms with Crippen LogP contribution in [0.5, 0.6) is 5.75 Å². The smallest absolute Gasteiger partial charge is 0.253 e. The Morgan fingerprint density at radius 1 is 0.900 bits per heavy atom. The third-order valence-corrected chi connectivity index (χ3v) is 4.58. The fraction of sp³-hybridized carbons (Fsp3) is 0.200. The number of hydrogen-bond donors (Lipinski definition) is 2. The van der Waals surface area contributed by atoms with Crippen molar-refractivity contribution in [2.75, 3.05) is 18.5 Å². The summed E-state index contributed by atoms with van der Waals surface area (Å²) < 4.78 is 5.63. The zero-order valence-electron chi connectivity index (χ0n) is 17.1. The first kappa shape index (κ1) is 21.1. The van der Waals surface area contributed by atoms with Crippen molar-refractivity contribution in [3.05, 3.63) is 95.6 Å². The molecule has 30 heavy (non-hydrogen) atoms. The van der Waals surface area contributed by atoms with E-state index in [9.17, 15) is 9.59 Å². The van der Waals surface area contributed by atoms with Crippen LogP contribution in [-0.2, 0) is 11.2 Å². The number of hydrogen-bond acceptors (Lipinski definition) is 3.